The molecule has 1 rings (SSSR count). The van der Waals surface area contributed by atoms with Gasteiger partial charge in [-0.3, -0.25) is 19.7 Å². The predicted octanol–water partition coefficient (Wildman–Crippen LogP) is 1.26. The van der Waals surface area contributed by atoms with Crippen LogP contribution in [0.4, 0.5) is 5.69 Å². The summed E-state index contributed by atoms with van der Waals surface area (Å²) >= 11 is 0. The summed E-state index contributed by atoms with van der Waals surface area (Å²) in [5, 5.41) is 16.2. The first-order valence-electron chi connectivity index (χ1n) is 7.48. The zero-order valence-electron chi connectivity index (χ0n) is 13.9. The number of amides is 2. The van der Waals surface area contributed by atoms with Crippen molar-refractivity contribution in [2.24, 2.45) is 0 Å². The maximum atomic E-state index is 12.2. The molecule has 0 saturated carbocycles. The van der Waals surface area contributed by atoms with Crippen LogP contribution in [-0.2, 0) is 4.79 Å². The van der Waals surface area contributed by atoms with Gasteiger partial charge in [0, 0.05) is 12.6 Å². The molecule has 0 bridgehead atoms. The zero-order valence-corrected chi connectivity index (χ0v) is 13.9. The minimum Gasteiger partial charge on any atom is -0.493 e. The molecule has 0 radical (unpaired) electrons. The molecule has 0 aromatic heterocycles. The van der Waals surface area contributed by atoms with E-state index < -0.39 is 16.5 Å². The molecule has 0 aliphatic rings. The largest absolute Gasteiger partial charge is 0.493 e. The van der Waals surface area contributed by atoms with E-state index in [1.807, 2.05) is 6.92 Å². The molecular weight excluding hydrogens is 318 g/mol. The van der Waals surface area contributed by atoms with Crippen molar-refractivity contribution >= 4 is 17.5 Å². The lowest BCUT2D eigenvalue weighted by Gasteiger charge is -2.12. The monoisotopic (exact) mass is 339 g/mol. The number of methoxy groups -OCH3 is 1. The van der Waals surface area contributed by atoms with Crippen LogP contribution in [0.25, 0.3) is 0 Å². The van der Waals surface area contributed by atoms with Crippen LogP contribution in [0.3, 0.4) is 0 Å². The third-order valence-corrected chi connectivity index (χ3v) is 3.00. The predicted molar refractivity (Wildman–Crippen MR) is 86.5 cm³/mol. The first-order valence-corrected chi connectivity index (χ1v) is 7.48. The lowest BCUT2D eigenvalue weighted by Crippen LogP contribution is -2.37. The number of carbonyl (C=O) groups excluding carboxylic acids is 2. The maximum Gasteiger partial charge on any atom is 0.286 e. The lowest BCUT2D eigenvalue weighted by molar-refractivity contribution is -0.385. The second-order valence-corrected chi connectivity index (χ2v) is 4.74. The highest BCUT2D eigenvalue weighted by Crippen LogP contribution is 2.34. The van der Waals surface area contributed by atoms with Gasteiger partial charge in [-0.05, 0) is 13.3 Å². The van der Waals surface area contributed by atoms with Crippen molar-refractivity contribution in [3.63, 3.8) is 0 Å². The van der Waals surface area contributed by atoms with Crippen LogP contribution >= 0.6 is 0 Å². The van der Waals surface area contributed by atoms with E-state index in [9.17, 15) is 19.7 Å². The van der Waals surface area contributed by atoms with E-state index >= 15 is 0 Å². The average molecular weight is 339 g/mol. The minimum absolute atomic E-state index is 0.170. The normalized spacial score (nSPS) is 9.96. The van der Waals surface area contributed by atoms with Crippen molar-refractivity contribution in [2.75, 3.05) is 26.8 Å². The van der Waals surface area contributed by atoms with E-state index in [2.05, 4.69) is 10.6 Å². The number of nitro groups is 1. The van der Waals surface area contributed by atoms with Gasteiger partial charge in [-0.1, -0.05) is 6.92 Å². The smallest absolute Gasteiger partial charge is 0.286 e. The van der Waals surface area contributed by atoms with Crippen molar-refractivity contribution in [3.05, 3.63) is 27.8 Å². The van der Waals surface area contributed by atoms with E-state index in [1.165, 1.54) is 13.2 Å². The van der Waals surface area contributed by atoms with Gasteiger partial charge in [-0.25, -0.2) is 0 Å². The number of nitro benzene ring substituents is 1. The molecule has 0 heterocycles. The fourth-order valence-electron chi connectivity index (χ4n) is 1.89. The number of hydrogen-bond donors (Lipinski definition) is 2. The van der Waals surface area contributed by atoms with Gasteiger partial charge in [-0.15, -0.1) is 0 Å². The number of ether oxygens (including phenoxy) is 2. The standard InChI is InChI=1S/C15H21N3O6/c1-4-6-16-14(19)9-17-15(20)10-7-12(23-3)13(24-5-2)8-11(10)18(21)22/h7-8H,4-6,9H2,1-3H3,(H,16,19)(H,17,20). The molecule has 0 spiro atoms. The van der Waals surface area contributed by atoms with Crippen LogP contribution in [-0.4, -0.2) is 43.5 Å². The van der Waals surface area contributed by atoms with Gasteiger partial charge in [0.25, 0.3) is 11.6 Å². The lowest BCUT2D eigenvalue weighted by atomic mass is 10.1. The second-order valence-electron chi connectivity index (χ2n) is 4.74. The van der Waals surface area contributed by atoms with Gasteiger partial charge in [0.15, 0.2) is 11.5 Å². The molecule has 1 aromatic rings. The second kappa shape index (κ2) is 9.33. The summed E-state index contributed by atoms with van der Waals surface area (Å²) in [5.74, 6) is -0.743. The van der Waals surface area contributed by atoms with Gasteiger partial charge in [0.2, 0.25) is 5.91 Å². The quantitative estimate of drug-likeness (QED) is 0.516. The van der Waals surface area contributed by atoms with Crippen molar-refractivity contribution in [3.8, 4) is 11.5 Å². The van der Waals surface area contributed by atoms with Crippen LogP contribution in [0.1, 0.15) is 30.6 Å². The number of nitrogens with one attached hydrogen (secondary N) is 2. The Morgan fingerprint density at radius 2 is 1.92 bits per heavy atom. The van der Waals surface area contributed by atoms with Gasteiger partial charge < -0.3 is 20.1 Å². The van der Waals surface area contributed by atoms with E-state index in [4.69, 9.17) is 9.47 Å². The molecule has 2 N–H and O–H groups in total. The number of carbonyl (C=O) groups is 2. The highest BCUT2D eigenvalue weighted by Gasteiger charge is 2.24. The fourth-order valence-corrected chi connectivity index (χ4v) is 1.89. The molecule has 132 valence electrons. The Labute approximate surface area is 139 Å². The highest BCUT2D eigenvalue weighted by atomic mass is 16.6. The molecule has 0 saturated heterocycles. The van der Waals surface area contributed by atoms with E-state index in [0.717, 1.165) is 12.5 Å². The molecule has 0 atom stereocenters. The Kier molecular flexibility index (Phi) is 7.47. The fraction of sp³-hybridized carbons (Fsp3) is 0.467. The van der Waals surface area contributed by atoms with Gasteiger partial charge in [0.1, 0.15) is 5.56 Å². The third-order valence-electron chi connectivity index (χ3n) is 3.00. The van der Waals surface area contributed by atoms with E-state index in [1.54, 1.807) is 6.92 Å². The van der Waals surface area contributed by atoms with Crippen LogP contribution in [0.2, 0.25) is 0 Å². The molecule has 0 fully saturated rings. The van der Waals surface area contributed by atoms with Crippen molar-refractivity contribution in [1.82, 2.24) is 10.6 Å². The summed E-state index contributed by atoms with van der Waals surface area (Å²) in [6.07, 6.45) is 0.765. The Morgan fingerprint density at radius 3 is 2.46 bits per heavy atom. The van der Waals surface area contributed by atoms with E-state index in [-0.39, 0.29) is 36.1 Å². The number of benzene rings is 1. The molecule has 0 aliphatic carbocycles. The van der Waals surface area contributed by atoms with Crippen molar-refractivity contribution in [2.45, 2.75) is 20.3 Å². The molecule has 24 heavy (non-hydrogen) atoms. The van der Waals surface area contributed by atoms with Gasteiger partial charge in [-0.2, -0.15) is 0 Å². The van der Waals surface area contributed by atoms with Crippen LogP contribution in [0, 0.1) is 10.1 Å². The number of nitrogens with zero attached hydrogens (tertiary/aromatic N) is 1. The highest BCUT2D eigenvalue weighted by molar-refractivity contribution is 6.00. The van der Waals surface area contributed by atoms with Crippen molar-refractivity contribution < 1.29 is 24.0 Å². The minimum atomic E-state index is -0.741. The zero-order chi connectivity index (χ0) is 18.1. The maximum absolute atomic E-state index is 12.2. The summed E-state index contributed by atoms with van der Waals surface area (Å²) in [6, 6.07) is 2.36. The van der Waals surface area contributed by atoms with Crippen LogP contribution in [0.15, 0.2) is 12.1 Å². The number of rotatable bonds is 9. The summed E-state index contributed by atoms with van der Waals surface area (Å²) in [6.45, 7) is 4.13. The van der Waals surface area contributed by atoms with Crippen LogP contribution < -0.4 is 20.1 Å². The molecule has 1 aromatic carbocycles. The topological polar surface area (TPSA) is 120 Å². The van der Waals surface area contributed by atoms with E-state index in [0.29, 0.717) is 6.54 Å². The Hall–Kier alpha value is -2.84. The Morgan fingerprint density at radius 1 is 1.21 bits per heavy atom. The summed E-state index contributed by atoms with van der Waals surface area (Å²) in [7, 11) is 1.36. The molecular formula is C15H21N3O6. The molecule has 9 heteroatoms. The average Bonchev–Trinajstić information content (AvgIpc) is 2.57. The van der Waals surface area contributed by atoms with Crippen LogP contribution in [0.5, 0.6) is 11.5 Å². The summed E-state index contributed by atoms with van der Waals surface area (Å²) in [5.41, 5.74) is -0.630. The molecule has 2 amide bonds. The van der Waals surface area contributed by atoms with Gasteiger partial charge >= 0.3 is 0 Å². The number of hydrogen-bond acceptors (Lipinski definition) is 6. The SMILES string of the molecule is CCCNC(=O)CNC(=O)c1cc(OC)c(OCC)cc1[N+](=O)[O-]. The summed E-state index contributed by atoms with van der Waals surface area (Å²) < 4.78 is 10.4. The molecule has 0 aliphatic heterocycles. The Bertz CT molecular complexity index is 617. The third kappa shape index (κ3) is 5.11. The Balaban J connectivity index is 3.01. The first kappa shape index (κ1) is 19.2. The summed E-state index contributed by atoms with van der Waals surface area (Å²) in [4.78, 5) is 34.2. The molecule has 9 nitrogen and oxygen atoms in total. The van der Waals surface area contributed by atoms with Gasteiger partial charge in [0.05, 0.1) is 31.3 Å². The first-order chi connectivity index (χ1) is 11.4. The molecule has 0 unspecified atom stereocenters. The van der Waals surface area contributed by atoms with Crippen molar-refractivity contribution in [1.29, 1.82) is 0 Å².